The van der Waals surface area contributed by atoms with Gasteiger partial charge in [-0.2, -0.15) is 0 Å². The normalized spacial score (nSPS) is 12.4. The first kappa shape index (κ1) is 16.5. The number of halogens is 1. The Bertz CT molecular complexity index is 497. The largest absolute Gasteiger partial charge is 0.444 e. The van der Waals surface area contributed by atoms with Crippen LogP contribution in [0.3, 0.4) is 0 Å². The molecule has 2 N–H and O–H groups in total. The van der Waals surface area contributed by atoms with Crippen molar-refractivity contribution in [3.63, 3.8) is 0 Å². The number of nitrogens with one attached hydrogen (secondary N) is 2. The Labute approximate surface area is 127 Å². The minimum Gasteiger partial charge on any atom is -0.444 e. The minimum absolute atomic E-state index is 0.317. The Morgan fingerprint density at radius 2 is 1.85 bits per heavy atom. The topological polar surface area (TPSA) is 67.4 Å². The van der Waals surface area contributed by atoms with Gasteiger partial charge in [-0.05, 0) is 55.8 Å². The van der Waals surface area contributed by atoms with Crippen LogP contribution in [0.25, 0.3) is 0 Å². The highest BCUT2D eigenvalue weighted by atomic mass is 79.9. The lowest BCUT2D eigenvalue weighted by Crippen LogP contribution is -2.44. The second kappa shape index (κ2) is 6.74. The fourth-order valence-electron chi connectivity index (χ4n) is 1.35. The highest BCUT2D eigenvalue weighted by molar-refractivity contribution is 9.10. The number of amides is 2. The van der Waals surface area contributed by atoms with Gasteiger partial charge in [0.1, 0.15) is 11.6 Å². The highest BCUT2D eigenvalue weighted by Gasteiger charge is 2.21. The number of ether oxygens (including phenoxy) is 1. The summed E-state index contributed by atoms with van der Waals surface area (Å²) in [5.74, 6) is -0.317. The van der Waals surface area contributed by atoms with E-state index in [2.05, 4.69) is 26.6 Å². The molecule has 1 rings (SSSR count). The van der Waals surface area contributed by atoms with Gasteiger partial charge in [0.05, 0.1) is 5.69 Å². The number of benzene rings is 1. The molecule has 0 aromatic heterocycles. The number of anilines is 1. The van der Waals surface area contributed by atoms with Crippen molar-refractivity contribution >= 4 is 33.6 Å². The van der Waals surface area contributed by atoms with Crippen molar-refractivity contribution in [2.75, 3.05) is 5.32 Å². The van der Waals surface area contributed by atoms with Crippen molar-refractivity contribution in [3.8, 4) is 0 Å². The van der Waals surface area contributed by atoms with E-state index in [0.29, 0.717) is 5.69 Å². The standard InChI is InChI=1S/C14H19BrN2O3/c1-9(16-13(19)20-14(2,3)4)12(18)17-11-8-6-5-7-10(11)15/h5-9H,1-4H3,(H,16,19)(H,17,18). The number of hydrogen-bond donors (Lipinski definition) is 2. The van der Waals surface area contributed by atoms with Crippen LogP contribution in [0.1, 0.15) is 27.7 Å². The molecule has 0 spiro atoms. The fourth-order valence-corrected chi connectivity index (χ4v) is 1.74. The Hall–Kier alpha value is -1.56. The summed E-state index contributed by atoms with van der Waals surface area (Å²) in [5, 5.41) is 5.21. The zero-order chi connectivity index (χ0) is 15.3. The maximum absolute atomic E-state index is 12.0. The zero-order valence-corrected chi connectivity index (χ0v) is 13.6. The molecule has 110 valence electrons. The van der Waals surface area contributed by atoms with Crippen molar-refractivity contribution < 1.29 is 14.3 Å². The molecule has 20 heavy (non-hydrogen) atoms. The lowest BCUT2D eigenvalue weighted by atomic mass is 10.2. The van der Waals surface area contributed by atoms with Gasteiger partial charge in [-0.25, -0.2) is 4.79 Å². The summed E-state index contributed by atoms with van der Waals surface area (Å²) in [6.45, 7) is 6.88. The van der Waals surface area contributed by atoms with Gasteiger partial charge in [0.2, 0.25) is 5.91 Å². The van der Waals surface area contributed by atoms with Crippen molar-refractivity contribution in [2.45, 2.75) is 39.3 Å². The first-order valence-electron chi connectivity index (χ1n) is 6.24. The molecule has 0 radical (unpaired) electrons. The SMILES string of the molecule is CC(NC(=O)OC(C)(C)C)C(=O)Nc1ccccc1Br. The van der Waals surface area contributed by atoms with E-state index in [9.17, 15) is 9.59 Å². The van der Waals surface area contributed by atoms with Gasteiger partial charge in [-0.3, -0.25) is 4.79 Å². The van der Waals surface area contributed by atoms with Gasteiger partial charge in [-0.15, -0.1) is 0 Å². The van der Waals surface area contributed by atoms with E-state index < -0.39 is 17.7 Å². The third kappa shape index (κ3) is 5.61. The van der Waals surface area contributed by atoms with Crippen LogP contribution in [0.5, 0.6) is 0 Å². The van der Waals surface area contributed by atoms with E-state index in [1.807, 2.05) is 18.2 Å². The van der Waals surface area contributed by atoms with Crippen LogP contribution in [0.15, 0.2) is 28.7 Å². The van der Waals surface area contributed by atoms with Crippen molar-refractivity contribution in [2.24, 2.45) is 0 Å². The Morgan fingerprint density at radius 3 is 2.40 bits per heavy atom. The van der Waals surface area contributed by atoms with Crippen LogP contribution in [-0.2, 0) is 9.53 Å². The first-order valence-corrected chi connectivity index (χ1v) is 7.03. The van der Waals surface area contributed by atoms with Gasteiger partial charge < -0.3 is 15.4 Å². The number of carbonyl (C=O) groups is 2. The number of hydrogen-bond acceptors (Lipinski definition) is 3. The average Bonchev–Trinajstić information content (AvgIpc) is 2.29. The number of alkyl carbamates (subject to hydrolysis) is 1. The average molecular weight is 343 g/mol. The van der Waals surface area contributed by atoms with Crippen LogP contribution < -0.4 is 10.6 Å². The second-order valence-corrected chi connectivity index (χ2v) is 6.19. The monoisotopic (exact) mass is 342 g/mol. The molecule has 0 aliphatic heterocycles. The van der Waals surface area contributed by atoms with E-state index in [4.69, 9.17) is 4.74 Å². The van der Waals surface area contributed by atoms with Crippen LogP contribution in [-0.4, -0.2) is 23.6 Å². The summed E-state index contributed by atoms with van der Waals surface area (Å²) in [6, 6.07) is 6.55. The molecule has 0 saturated heterocycles. The molecule has 0 heterocycles. The lowest BCUT2D eigenvalue weighted by Gasteiger charge is -2.21. The zero-order valence-electron chi connectivity index (χ0n) is 12.0. The van der Waals surface area contributed by atoms with Gasteiger partial charge in [0.25, 0.3) is 0 Å². The van der Waals surface area contributed by atoms with Gasteiger partial charge in [0.15, 0.2) is 0 Å². The van der Waals surface area contributed by atoms with Crippen LogP contribution in [0, 0.1) is 0 Å². The van der Waals surface area contributed by atoms with Crippen molar-refractivity contribution in [1.29, 1.82) is 0 Å². The molecule has 5 nitrogen and oxygen atoms in total. The summed E-state index contributed by atoms with van der Waals surface area (Å²) >= 11 is 3.34. The molecule has 1 aromatic rings. The lowest BCUT2D eigenvalue weighted by molar-refractivity contribution is -0.117. The molecule has 0 aliphatic rings. The van der Waals surface area contributed by atoms with Gasteiger partial charge >= 0.3 is 6.09 Å². The smallest absolute Gasteiger partial charge is 0.408 e. The van der Waals surface area contributed by atoms with Crippen molar-refractivity contribution in [3.05, 3.63) is 28.7 Å². The van der Waals surface area contributed by atoms with E-state index in [1.54, 1.807) is 33.8 Å². The molecule has 0 aliphatic carbocycles. The van der Waals surface area contributed by atoms with Crippen LogP contribution >= 0.6 is 15.9 Å². The van der Waals surface area contributed by atoms with Crippen molar-refractivity contribution in [1.82, 2.24) is 5.32 Å². The Balaban J connectivity index is 2.56. The molecular formula is C14H19BrN2O3. The summed E-state index contributed by atoms with van der Waals surface area (Å²) < 4.78 is 5.87. The summed E-state index contributed by atoms with van der Waals surface area (Å²) in [6.07, 6.45) is -0.618. The maximum Gasteiger partial charge on any atom is 0.408 e. The quantitative estimate of drug-likeness (QED) is 0.885. The highest BCUT2D eigenvalue weighted by Crippen LogP contribution is 2.21. The summed E-state index contributed by atoms with van der Waals surface area (Å²) in [5.41, 5.74) is 0.0540. The molecule has 0 fully saturated rings. The van der Waals surface area contributed by atoms with E-state index in [1.165, 1.54) is 0 Å². The number of rotatable bonds is 3. The molecule has 0 saturated carbocycles. The summed E-state index contributed by atoms with van der Waals surface area (Å²) in [7, 11) is 0. The third-order valence-corrected chi connectivity index (χ3v) is 2.95. The predicted molar refractivity (Wildman–Crippen MR) is 81.6 cm³/mol. The number of carbonyl (C=O) groups excluding carboxylic acids is 2. The van der Waals surface area contributed by atoms with Gasteiger partial charge in [0, 0.05) is 4.47 Å². The van der Waals surface area contributed by atoms with E-state index >= 15 is 0 Å². The van der Waals surface area contributed by atoms with E-state index in [0.717, 1.165) is 4.47 Å². The molecule has 1 unspecified atom stereocenters. The third-order valence-electron chi connectivity index (χ3n) is 2.26. The molecule has 1 atom stereocenters. The summed E-state index contributed by atoms with van der Waals surface area (Å²) in [4.78, 5) is 23.5. The van der Waals surface area contributed by atoms with Crippen LogP contribution in [0.4, 0.5) is 10.5 Å². The molecule has 2 amide bonds. The molecule has 6 heteroatoms. The predicted octanol–water partition coefficient (Wildman–Crippen LogP) is 3.30. The number of para-hydroxylation sites is 1. The van der Waals surface area contributed by atoms with E-state index in [-0.39, 0.29) is 5.91 Å². The maximum atomic E-state index is 12.0. The molecule has 1 aromatic carbocycles. The second-order valence-electron chi connectivity index (χ2n) is 5.34. The van der Waals surface area contributed by atoms with Crippen LogP contribution in [0.2, 0.25) is 0 Å². The Kier molecular flexibility index (Phi) is 5.56. The fraction of sp³-hybridized carbons (Fsp3) is 0.429. The molecular weight excluding hydrogens is 324 g/mol. The molecule has 0 bridgehead atoms. The minimum atomic E-state index is -0.697. The first-order chi connectivity index (χ1) is 9.19. The van der Waals surface area contributed by atoms with Gasteiger partial charge in [-0.1, -0.05) is 12.1 Å². The Morgan fingerprint density at radius 1 is 1.25 bits per heavy atom.